The fourth-order valence-electron chi connectivity index (χ4n) is 1.46. The molecule has 0 saturated heterocycles. The van der Waals surface area contributed by atoms with Crippen molar-refractivity contribution in [3.8, 4) is 0 Å². The zero-order chi connectivity index (χ0) is 13.0. The molecule has 1 aromatic rings. The highest BCUT2D eigenvalue weighted by atomic mass is 16.4. The Morgan fingerprint density at radius 2 is 2.00 bits per heavy atom. The number of aliphatic carboxylic acids is 1. The Hall–Kier alpha value is -2.05. The lowest BCUT2D eigenvalue weighted by Crippen LogP contribution is -2.38. The number of amides is 2. The molecule has 0 aliphatic rings. The van der Waals surface area contributed by atoms with E-state index in [2.05, 4.69) is 15.7 Å². The van der Waals surface area contributed by atoms with Crippen LogP contribution in [0.1, 0.15) is 17.0 Å². The van der Waals surface area contributed by atoms with E-state index in [0.717, 1.165) is 17.0 Å². The van der Waals surface area contributed by atoms with Crippen LogP contribution < -0.4 is 10.6 Å². The molecule has 1 heterocycles. The van der Waals surface area contributed by atoms with Crippen LogP contribution in [0, 0.1) is 13.8 Å². The van der Waals surface area contributed by atoms with E-state index in [1.165, 1.54) is 0 Å². The molecule has 0 aliphatic heterocycles. The first kappa shape index (κ1) is 13.0. The smallest absolute Gasteiger partial charge is 0.323 e. The van der Waals surface area contributed by atoms with E-state index in [4.69, 9.17) is 5.11 Å². The van der Waals surface area contributed by atoms with Crippen molar-refractivity contribution in [1.29, 1.82) is 0 Å². The molecule has 0 spiro atoms. The summed E-state index contributed by atoms with van der Waals surface area (Å²) in [5, 5.41) is 17.4. The third-order valence-corrected chi connectivity index (χ3v) is 2.48. The number of aryl methyl sites for hydroxylation is 2. The van der Waals surface area contributed by atoms with E-state index >= 15 is 0 Å². The Morgan fingerprint density at radius 1 is 1.35 bits per heavy atom. The molecular weight excluding hydrogens is 224 g/mol. The van der Waals surface area contributed by atoms with Gasteiger partial charge in [-0.15, -0.1) is 0 Å². The summed E-state index contributed by atoms with van der Waals surface area (Å²) in [6.45, 7) is 3.71. The fourth-order valence-corrected chi connectivity index (χ4v) is 1.46. The van der Waals surface area contributed by atoms with Gasteiger partial charge in [-0.2, -0.15) is 5.10 Å². The van der Waals surface area contributed by atoms with Gasteiger partial charge >= 0.3 is 12.0 Å². The first-order chi connectivity index (χ1) is 7.91. The van der Waals surface area contributed by atoms with Crippen LogP contribution >= 0.6 is 0 Å². The molecule has 0 radical (unpaired) electrons. The normalized spacial score (nSPS) is 10.1. The van der Waals surface area contributed by atoms with Gasteiger partial charge in [0.25, 0.3) is 0 Å². The van der Waals surface area contributed by atoms with Crippen LogP contribution in [0.4, 0.5) is 4.79 Å². The predicted molar refractivity (Wildman–Crippen MR) is 60.6 cm³/mol. The Morgan fingerprint density at radius 3 is 2.47 bits per heavy atom. The van der Waals surface area contributed by atoms with Gasteiger partial charge in [0.2, 0.25) is 0 Å². The number of nitrogens with zero attached hydrogens (tertiary/aromatic N) is 2. The van der Waals surface area contributed by atoms with Crippen LogP contribution in [0.15, 0.2) is 0 Å². The quantitative estimate of drug-likeness (QED) is 0.686. The topological polar surface area (TPSA) is 96.3 Å². The SMILES string of the molecule is Cc1nn(C)c(C)c1CNC(=O)NCC(=O)O. The van der Waals surface area contributed by atoms with Gasteiger partial charge in [0, 0.05) is 24.8 Å². The number of carbonyl (C=O) groups excluding carboxylic acids is 1. The predicted octanol–water partition coefficient (Wildman–Crippen LogP) is -0.0793. The molecule has 3 N–H and O–H groups in total. The van der Waals surface area contributed by atoms with Crippen molar-refractivity contribution < 1.29 is 14.7 Å². The van der Waals surface area contributed by atoms with Gasteiger partial charge in [-0.05, 0) is 13.8 Å². The Kier molecular flexibility index (Phi) is 4.08. The molecule has 7 heteroatoms. The van der Waals surface area contributed by atoms with E-state index in [9.17, 15) is 9.59 Å². The largest absolute Gasteiger partial charge is 0.480 e. The maximum Gasteiger partial charge on any atom is 0.323 e. The molecule has 94 valence electrons. The van der Waals surface area contributed by atoms with Crippen LogP contribution in [-0.4, -0.2) is 33.4 Å². The third kappa shape index (κ3) is 3.47. The number of rotatable bonds is 4. The molecular formula is C10H16N4O3. The van der Waals surface area contributed by atoms with E-state index in [-0.39, 0.29) is 0 Å². The molecule has 1 rings (SSSR count). The summed E-state index contributed by atoms with van der Waals surface area (Å²) in [5.74, 6) is -1.08. The number of hydrogen-bond acceptors (Lipinski definition) is 3. The van der Waals surface area contributed by atoms with Crippen molar-refractivity contribution in [1.82, 2.24) is 20.4 Å². The average molecular weight is 240 g/mol. The van der Waals surface area contributed by atoms with Gasteiger partial charge in [0.15, 0.2) is 0 Å². The van der Waals surface area contributed by atoms with Crippen LogP contribution in [0.2, 0.25) is 0 Å². The molecule has 0 atom stereocenters. The minimum absolute atomic E-state index is 0.330. The molecule has 0 bridgehead atoms. The minimum Gasteiger partial charge on any atom is -0.480 e. The number of carbonyl (C=O) groups is 2. The lowest BCUT2D eigenvalue weighted by molar-refractivity contribution is -0.135. The highest BCUT2D eigenvalue weighted by molar-refractivity contribution is 5.79. The van der Waals surface area contributed by atoms with Crippen LogP contribution in [0.3, 0.4) is 0 Å². The summed E-state index contributed by atoms with van der Waals surface area (Å²) in [6, 6.07) is -0.505. The summed E-state index contributed by atoms with van der Waals surface area (Å²) < 4.78 is 1.74. The number of aromatic nitrogens is 2. The number of urea groups is 1. The van der Waals surface area contributed by atoms with Crippen molar-refractivity contribution in [2.24, 2.45) is 7.05 Å². The second kappa shape index (κ2) is 5.33. The monoisotopic (exact) mass is 240 g/mol. The molecule has 1 aromatic heterocycles. The zero-order valence-corrected chi connectivity index (χ0v) is 10.1. The van der Waals surface area contributed by atoms with Gasteiger partial charge in [-0.1, -0.05) is 0 Å². The maximum atomic E-state index is 11.2. The zero-order valence-electron chi connectivity index (χ0n) is 10.1. The Bertz CT molecular complexity index is 439. The van der Waals surface area contributed by atoms with E-state index in [1.807, 2.05) is 20.9 Å². The van der Waals surface area contributed by atoms with Gasteiger partial charge in [0.05, 0.1) is 5.69 Å². The summed E-state index contributed by atoms with van der Waals surface area (Å²) >= 11 is 0. The lowest BCUT2D eigenvalue weighted by Gasteiger charge is -2.06. The standard InChI is InChI=1S/C10H16N4O3/c1-6-8(7(2)14(3)13-6)4-11-10(17)12-5-9(15)16/h4-5H2,1-3H3,(H,15,16)(H2,11,12,17). The Labute approximate surface area is 98.8 Å². The van der Waals surface area contributed by atoms with E-state index < -0.39 is 18.5 Å². The second-order valence-electron chi connectivity index (χ2n) is 3.70. The number of carboxylic acid groups (broad SMARTS) is 1. The molecule has 7 nitrogen and oxygen atoms in total. The number of carboxylic acids is 1. The van der Waals surface area contributed by atoms with Crippen molar-refractivity contribution in [3.63, 3.8) is 0 Å². The Balaban J connectivity index is 2.50. The molecule has 0 aromatic carbocycles. The average Bonchev–Trinajstić information content (AvgIpc) is 2.48. The second-order valence-corrected chi connectivity index (χ2v) is 3.70. The first-order valence-electron chi connectivity index (χ1n) is 5.14. The summed E-state index contributed by atoms with van der Waals surface area (Å²) in [4.78, 5) is 21.5. The number of nitrogens with one attached hydrogen (secondary N) is 2. The summed E-state index contributed by atoms with van der Waals surface area (Å²) in [7, 11) is 1.83. The molecule has 0 unspecified atom stereocenters. The van der Waals surface area contributed by atoms with Gasteiger partial charge < -0.3 is 15.7 Å². The van der Waals surface area contributed by atoms with Crippen molar-refractivity contribution in [2.75, 3.05) is 6.54 Å². The number of hydrogen-bond donors (Lipinski definition) is 3. The van der Waals surface area contributed by atoms with Gasteiger partial charge in [0.1, 0.15) is 6.54 Å². The van der Waals surface area contributed by atoms with E-state index in [0.29, 0.717) is 6.54 Å². The molecule has 2 amide bonds. The highest BCUT2D eigenvalue weighted by Gasteiger charge is 2.10. The maximum absolute atomic E-state index is 11.2. The van der Waals surface area contributed by atoms with Crippen LogP contribution in [0.5, 0.6) is 0 Å². The summed E-state index contributed by atoms with van der Waals surface area (Å²) in [5.41, 5.74) is 2.77. The molecule has 0 saturated carbocycles. The van der Waals surface area contributed by atoms with Crippen molar-refractivity contribution >= 4 is 12.0 Å². The minimum atomic E-state index is -1.08. The van der Waals surface area contributed by atoms with E-state index in [1.54, 1.807) is 4.68 Å². The first-order valence-corrected chi connectivity index (χ1v) is 5.14. The van der Waals surface area contributed by atoms with Gasteiger partial charge in [-0.3, -0.25) is 9.48 Å². The molecule has 0 aliphatic carbocycles. The van der Waals surface area contributed by atoms with Gasteiger partial charge in [-0.25, -0.2) is 4.79 Å². The fraction of sp³-hybridized carbons (Fsp3) is 0.500. The van der Waals surface area contributed by atoms with Crippen LogP contribution in [-0.2, 0) is 18.4 Å². The summed E-state index contributed by atoms with van der Waals surface area (Å²) in [6.07, 6.45) is 0. The van der Waals surface area contributed by atoms with Crippen molar-refractivity contribution in [3.05, 3.63) is 17.0 Å². The third-order valence-electron chi connectivity index (χ3n) is 2.48. The van der Waals surface area contributed by atoms with Crippen molar-refractivity contribution in [2.45, 2.75) is 20.4 Å². The lowest BCUT2D eigenvalue weighted by atomic mass is 10.2. The molecule has 17 heavy (non-hydrogen) atoms. The van der Waals surface area contributed by atoms with Crippen LogP contribution in [0.25, 0.3) is 0 Å². The molecule has 0 fully saturated rings. The highest BCUT2D eigenvalue weighted by Crippen LogP contribution is 2.10.